The molecule has 7 heteroatoms. The minimum Gasteiger partial charge on any atom is -0.223 e. The Morgan fingerprint density at radius 1 is 1.14 bits per heavy atom. The van der Waals surface area contributed by atoms with E-state index in [1.165, 1.54) is 12.1 Å². The number of nitriles is 1. The van der Waals surface area contributed by atoms with Gasteiger partial charge in [-0.15, -0.1) is 0 Å². The van der Waals surface area contributed by atoms with E-state index in [1.807, 2.05) is 0 Å². The maximum Gasteiger partial charge on any atom is 0.182 e. The maximum absolute atomic E-state index is 13.5. The van der Waals surface area contributed by atoms with Crippen molar-refractivity contribution < 1.29 is 17.2 Å². The molecule has 2 aromatic carbocycles. The molecule has 0 fully saturated rings. The van der Waals surface area contributed by atoms with Gasteiger partial charge in [-0.2, -0.15) is 5.26 Å². The van der Waals surface area contributed by atoms with Gasteiger partial charge in [0.05, 0.1) is 22.3 Å². The minimum absolute atomic E-state index is 0.0839. The van der Waals surface area contributed by atoms with Crippen LogP contribution in [0.15, 0.2) is 41.3 Å². The molecule has 2 aromatic rings. The zero-order valence-corrected chi connectivity index (χ0v) is 12.0. The molecule has 2 rings (SSSR count). The number of benzene rings is 2. The number of nitrogens with zero attached hydrogens (tertiary/aromatic N) is 1. The van der Waals surface area contributed by atoms with Crippen LogP contribution < -0.4 is 0 Å². The fraction of sp³-hybridized carbons (Fsp3) is 0.0714. The number of hydrogen-bond acceptors (Lipinski definition) is 3. The second kappa shape index (κ2) is 5.80. The molecule has 0 heterocycles. The van der Waals surface area contributed by atoms with Gasteiger partial charge in [-0.25, -0.2) is 17.2 Å². The molecular weight excluding hydrogens is 320 g/mol. The van der Waals surface area contributed by atoms with Gasteiger partial charge in [0.2, 0.25) is 0 Å². The van der Waals surface area contributed by atoms with Crippen molar-refractivity contribution in [2.75, 3.05) is 0 Å². The lowest BCUT2D eigenvalue weighted by molar-refractivity contribution is 0.569. The summed E-state index contributed by atoms with van der Waals surface area (Å²) in [5, 5.41) is 8.90. The Kier molecular flexibility index (Phi) is 4.26. The molecule has 0 atom stereocenters. The number of hydrogen-bond donors (Lipinski definition) is 0. The lowest BCUT2D eigenvalue weighted by Gasteiger charge is -2.07. The molecule has 0 unspecified atom stereocenters. The van der Waals surface area contributed by atoms with Crippen molar-refractivity contribution in [1.82, 2.24) is 0 Å². The van der Waals surface area contributed by atoms with Gasteiger partial charge >= 0.3 is 0 Å². The van der Waals surface area contributed by atoms with Crippen LogP contribution in [0.25, 0.3) is 0 Å². The van der Waals surface area contributed by atoms with Gasteiger partial charge in [0, 0.05) is 16.7 Å². The van der Waals surface area contributed by atoms with Crippen molar-refractivity contribution in [3.05, 3.63) is 64.2 Å². The third-order valence-electron chi connectivity index (χ3n) is 2.72. The molecule has 0 amide bonds. The Bertz CT molecular complexity index is 845. The van der Waals surface area contributed by atoms with Gasteiger partial charge in [0.25, 0.3) is 0 Å². The first kappa shape index (κ1) is 15.4. The molecule has 0 aromatic heterocycles. The highest BCUT2D eigenvalue weighted by Crippen LogP contribution is 2.23. The molecule has 108 valence electrons. The average Bonchev–Trinajstić information content (AvgIpc) is 2.41. The van der Waals surface area contributed by atoms with E-state index in [1.54, 1.807) is 6.07 Å². The van der Waals surface area contributed by atoms with E-state index in [9.17, 15) is 17.2 Å². The third kappa shape index (κ3) is 3.57. The summed E-state index contributed by atoms with van der Waals surface area (Å²) in [5.74, 6) is -2.38. The Morgan fingerprint density at radius 2 is 1.86 bits per heavy atom. The molecule has 0 radical (unpaired) electrons. The van der Waals surface area contributed by atoms with E-state index in [2.05, 4.69) is 0 Å². The standard InChI is InChI=1S/C14H8ClF2NO2S/c15-11-3-9(7-18)4-13(5-11)21(19,20)8-10-1-2-12(16)6-14(10)17/h1-6H,8H2. The van der Waals surface area contributed by atoms with E-state index in [0.29, 0.717) is 6.07 Å². The third-order valence-corrected chi connectivity index (χ3v) is 4.58. The summed E-state index contributed by atoms with van der Waals surface area (Å²) in [6, 6.07) is 8.10. The summed E-state index contributed by atoms with van der Waals surface area (Å²) < 4.78 is 50.8. The first-order valence-electron chi connectivity index (χ1n) is 5.69. The summed E-state index contributed by atoms with van der Waals surface area (Å²) in [7, 11) is -3.90. The van der Waals surface area contributed by atoms with Gasteiger partial charge in [0.1, 0.15) is 11.6 Å². The van der Waals surface area contributed by atoms with Gasteiger partial charge in [-0.05, 0) is 24.3 Å². The fourth-order valence-electron chi connectivity index (χ4n) is 1.73. The zero-order chi connectivity index (χ0) is 15.6. The van der Waals surface area contributed by atoms with Crippen LogP contribution >= 0.6 is 11.6 Å². The minimum atomic E-state index is -3.90. The quantitative estimate of drug-likeness (QED) is 0.867. The predicted molar refractivity (Wildman–Crippen MR) is 73.4 cm³/mol. The van der Waals surface area contributed by atoms with E-state index in [-0.39, 0.29) is 21.0 Å². The lowest BCUT2D eigenvalue weighted by Crippen LogP contribution is -2.07. The smallest absolute Gasteiger partial charge is 0.182 e. The van der Waals surface area contributed by atoms with Crippen LogP contribution in [0.2, 0.25) is 5.02 Å². The Balaban J connectivity index is 2.43. The predicted octanol–water partition coefficient (Wildman–Crippen LogP) is 3.46. The van der Waals surface area contributed by atoms with E-state index < -0.39 is 27.2 Å². The molecule has 0 saturated heterocycles. The molecule has 0 saturated carbocycles. The SMILES string of the molecule is N#Cc1cc(Cl)cc(S(=O)(=O)Cc2ccc(F)cc2F)c1. The molecule has 21 heavy (non-hydrogen) atoms. The van der Waals surface area contributed by atoms with Gasteiger partial charge in [0.15, 0.2) is 9.84 Å². The van der Waals surface area contributed by atoms with E-state index >= 15 is 0 Å². The molecule has 0 bridgehead atoms. The normalized spacial score (nSPS) is 11.1. The van der Waals surface area contributed by atoms with Crippen LogP contribution in [0, 0.1) is 23.0 Å². The second-order valence-electron chi connectivity index (χ2n) is 4.28. The number of sulfone groups is 1. The number of rotatable bonds is 3. The topological polar surface area (TPSA) is 57.9 Å². The molecule has 3 nitrogen and oxygen atoms in total. The van der Waals surface area contributed by atoms with Crippen molar-refractivity contribution in [3.63, 3.8) is 0 Å². The van der Waals surface area contributed by atoms with Crippen LogP contribution in [0.3, 0.4) is 0 Å². The molecule has 0 N–H and O–H groups in total. The van der Waals surface area contributed by atoms with Crippen molar-refractivity contribution in [2.45, 2.75) is 10.6 Å². The summed E-state index contributed by atoms with van der Waals surface area (Å²) >= 11 is 5.75. The second-order valence-corrected chi connectivity index (χ2v) is 6.71. The van der Waals surface area contributed by atoms with Crippen LogP contribution in [-0.2, 0) is 15.6 Å². The van der Waals surface area contributed by atoms with Crippen LogP contribution in [-0.4, -0.2) is 8.42 Å². The van der Waals surface area contributed by atoms with Gasteiger partial charge in [-0.1, -0.05) is 17.7 Å². The van der Waals surface area contributed by atoms with E-state index in [0.717, 1.165) is 18.2 Å². The maximum atomic E-state index is 13.5. The highest BCUT2D eigenvalue weighted by Gasteiger charge is 2.19. The Morgan fingerprint density at radius 3 is 2.48 bits per heavy atom. The van der Waals surface area contributed by atoms with Crippen LogP contribution in [0.4, 0.5) is 8.78 Å². The highest BCUT2D eigenvalue weighted by atomic mass is 35.5. The summed E-state index contributed by atoms with van der Waals surface area (Å²) in [4.78, 5) is -0.185. The van der Waals surface area contributed by atoms with E-state index in [4.69, 9.17) is 16.9 Å². The number of halogens is 3. The van der Waals surface area contributed by atoms with Gasteiger partial charge < -0.3 is 0 Å². The first-order valence-corrected chi connectivity index (χ1v) is 7.72. The van der Waals surface area contributed by atoms with Crippen LogP contribution in [0.5, 0.6) is 0 Å². The van der Waals surface area contributed by atoms with Crippen molar-refractivity contribution in [1.29, 1.82) is 5.26 Å². The molecule has 0 aliphatic rings. The largest absolute Gasteiger partial charge is 0.223 e. The lowest BCUT2D eigenvalue weighted by atomic mass is 10.2. The Hall–Kier alpha value is -1.97. The molecule has 0 aliphatic heterocycles. The highest BCUT2D eigenvalue weighted by molar-refractivity contribution is 7.90. The van der Waals surface area contributed by atoms with Crippen LogP contribution in [0.1, 0.15) is 11.1 Å². The van der Waals surface area contributed by atoms with Crippen molar-refractivity contribution in [3.8, 4) is 6.07 Å². The summed E-state index contributed by atoms with van der Waals surface area (Å²) in [6.45, 7) is 0. The average molecular weight is 328 g/mol. The fourth-order valence-corrected chi connectivity index (χ4v) is 3.46. The van der Waals surface area contributed by atoms with Crippen molar-refractivity contribution in [2.24, 2.45) is 0 Å². The molecular formula is C14H8ClF2NO2S. The van der Waals surface area contributed by atoms with Crippen molar-refractivity contribution >= 4 is 21.4 Å². The molecule has 0 spiro atoms. The molecule has 0 aliphatic carbocycles. The summed E-state index contributed by atoms with van der Waals surface area (Å²) in [5.41, 5.74) is -0.0736. The summed E-state index contributed by atoms with van der Waals surface area (Å²) in [6.07, 6.45) is 0. The monoisotopic (exact) mass is 327 g/mol. The zero-order valence-electron chi connectivity index (χ0n) is 10.5. The van der Waals surface area contributed by atoms with Gasteiger partial charge in [-0.3, -0.25) is 0 Å². The Labute approximate surface area is 125 Å². The first-order chi connectivity index (χ1) is 9.81.